The molecule has 3 nitrogen and oxygen atoms in total. The molecule has 0 aromatic carbocycles. The highest BCUT2D eigenvalue weighted by Gasteiger charge is 2.11. The van der Waals surface area contributed by atoms with Crippen LogP contribution in [0.25, 0.3) is 0 Å². The summed E-state index contributed by atoms with van der Waals surface area (Å²) in [6.45, 7) is 0.880. The van der Waals surface area contributed by atoms with Gasteiger partial charge in [0.15, 0.2) is 5.96 Å². The van der Waals surface area contributed by atoms with E-state index in [0.717, 1.165) is 6.54 Å². The molecule has 4 heteroatoms. The minimum atomic E-state index is 0.563. The first-order chi connectivity index (χ1) is 9.33. The smallest absolute Gasteiger partial charge is 0.188 e. The number of nitrogens with one attached hydrogen (secondary N) is 1. The van der Waals surface area contributed by atoms with Crippen LogP contribution in [0.15, 0.2) is 4.99 Å². The molecule has 0 saturated heterocycles. The van der Waals surface area contributed by atoms with E-state index in [2.05, 4.69) is 16.6 Å². The minimum absolute atomic E-state index is 0.563. The predicted molar refractivity (Wildman–Crippen MR) is 88.0 cm³/mol. The van der Waals surface area contributed by atoms with Gasteiger partial charge in [-0.25, -0.2) is 0 Å². The molecule has 0 aromatic rings. The number of nitrogens with zero attached hydrogens (tertiary/aromatic N) is 1. The Morgan fingerprint density at radius 2 is 1.79 bits per heavy atom. The van der Waals surface area contributed by atoms with Crippen molar-refractivity contribution in [2.24, 2.45) is 10.7 Å². The zero-order chi connectivity index (χ0) is 13.8. The normalized spacial score (nSPS) is 18.3. The molecule has 1 aliphatic carbocycles. The van der Waals surface area contributed by atoms with E-state index in [-0.39, 0.29) is 0 Å². The molecule has 0 bridgehead atoms. The topological polar surface area (TPSA) is 50.4 Å². The number of unbranched alkanes of at least 4 members (excludes halogenated alkanes) is 3. The molecule has 3 N–H and O–H groups in total. The first kappa shape index (κ1) is 16.7. The lowest BCUT2D eigenvalue weighted by molar-refractivity contribution is 0.529. The molecule has 0 unspecified atom stereocenters. The maximum Gasteiger partial charge on any atom is 0.188 e. The number of nitrogens with two attached hydrogens (primary N) is 1. The van der Waals surface area contributed by atoms with Gasteiger partial charge in [0.1, 0.15) is 0 Å². The van der Waals surface area contributed by atoms with E-state index in [1.54, 1.807) is 0 Å². The molecule has 1 rings (SSSR count). The number of guanidine groups is 1. The van der Waals surface area contributed by atoms with E-state index >= 15 is 0 Å². The van der Waals surface area contributed by atoms with Gasteiger partial charge in [0, 0.05) is 12.6 Å². The Morgan fingerprint density at radius 1 is 1.11 bits per heavy atom. The molecular weight excluding hydrogens is 254 g/mol. The summed E-state index contributed by atoms with van der Waals surface area (Å²) in [4.78, 5) is 4.44. The molecule has 0 heterocycles. The van der Waals surface area contributed by atoms with Gasteiger partial charge in [-0.15, -0.1) is 0 Å². The molecule has 112 valence electrons. The zero-order valence-electron chi connectivity index (χ0n) is 12.5. The first-order valence-electron chi connectivity index (χ1n) is 7.88. The van der Waals surface area contributed by atoms with E-state index in [4.69, 9.17) is 5.73 Å². The molecule has 0 aliphatic heterocycles. The predicted octanol–water partition coefficient (Wildman–Crippen LogP) is 3.54. The number of hydrogen-bond donors (Lipinski definition) is 2. The Kier molecular flexibility index (Phi) is 10.0. The van der Waals surface area contributed by atoms with Crippen molar-refractivity contribution in [2.45, 2.75) is 70.3 Å². The van der Waals surface area contributed by atoms with Gasteiger partial charge in [-0.3, -0.25) is 4.99 Å². The highest BCUT2D eigenvalue weighted by molar-refractivity contribution is 7.98. The number of hydrogen-bond acceptors (Lipinski definition) is 2. The lowest BCUT2D eigenvalue weighted by Crippen LogP contribution is -2.39. The minimum Gasteiger partial charge on any atom is -0.370 e. The summed E-state index contributed by atoms with van der Waals surface area (Å²) in [6.07, 6.45) is 15.2. The third-order valence-electron chi connectivity index (χ3n) is 3.75. The Balaban J connectivity index is 2.04. The van der Waals surface area contributed by atoms with Gasteiger partial charge in [0.25, 0.3) is 0 Å². The average Bonchev–Trinajstić information content (AvgIpc) is 2.66. The van der Waals surface area contributed by atoms with Gasteiger partial charge in [-0.1, -0.05) is 38.5 Å². The van der Waals surface area contributed by atoms with Crippen molar-refractivity contribution in [3.8, 4) is 0 Å². The van der Waals surface area contributed by atoms with Crippen molar-refractivity contribution in [2.75, 3.05) is 18.6 Å². The van der Waals surface area contributed by atoms with E-state index in [1.807, 2.05) is 11.8 Å². The number of aliphatic imine (C=N–C) groups is 1. The summed E-state index contributed by atoms with van der Waals surface area (Å²) in [5, 5.41) is 3.39. The fourth-order valence-corrected chi connectivity index (χ4v) is 3.08. The molecule has 1 fully saturated rings. The molecule has 1 saturated carbocycles. The van der Waals surface area contributed by atoms with Crippen LogP contribution in [0, 0.1) is 0 Å². The molecule has 0 radical (unpaired) electrons. The highest BCUT2D eigenvalue weighted by Crippen LogP contribution is 2.16. The maximum atomic E-state index is 5.95. The van der Waals surface area contributed by atoms with Crippen LogP contribution < -0.4 is 11.1 Å². The highest BCUT2D eigenvalue weighted by atomic mass is 32.2. The Labute approximate surface area is 123 Å². The summed E-state index contributed by atoms with van der Waals surface area (Å²) in [5.41, 5.74) is 5.95. The molecular formula is C15H31N3S. The third kappa shape index (κ3) is 9.20. The maximum absolute atomic E-state index is 5.95. The van der Waals surface area contributed by atoms with Gasteiger partial charge in [0.2, 0.25) is 0 Å². The van der Waals surface area contributed by atoms with Gasteiger partial charge >= 0.3 is 0 Å². The fourth-order valence-electron chi connectivity index (χ4n) is 2.59. The lowest BCUT2D eigenvalue weighted by atomic mass is 10.1. The van der Waals surface area contributed by atoms with Crippen molar-refractivity contribution in [3.05, 3.63) is 0 Å². The van der Waals surface area contributed by atoms with Crippen LogP contribution in [-0.4, -0.2) is 30.6 Å². The third-order valence-corrected chi connectivity index (χ3v) is 4.44. The van der Waals surface area contributed by atoms with Gasteiger partial charge < -0.3 is 11.1 Å². The molecule has 0 spiro atoms. The van der Waals surface area contributed by atoms with E-state index in [0.29, 0.717) is 12.0 Å². The Hall–Kier alpha value is -0.380. The molecule has 1 aliphatic rings. The largest absolute Gasteiger partial charge is 0.370 e. The molecule has 19 heavy (non-hydrogen) atoms. The van der Waals surface area contributed by atoms with Crippen molar-refractivity contribution >= 4 is 17.7 Å². The molecule has 0 aromatic heterocycles. The zero-order valence-corrected chi connectivity index (χ0v) is 13.3. The van der Waals surface area contributed by atoms with Gasteiger partial charge in [0.05, 0.1) is 0 Å². The van der Waals surface area contributed by atoms with Gasteiger partial charge in [-0.05, 0) is 37.7 Å². The van der Waals surface area contributed by atoms with Crippen LogP contribution in [0.5, 0.6) is 0 Å². The van der Waals surface area contributed by atoms with E-state index < -0.39 is 0 Å². The quantitative estimate of drug-likeness (QED) is 0.310. The van der Waals surface area contributed by atoms with Crippen LogP contribution in [0.4, 0.5) is 0 Å². The summed E-state index contributed by atoms with van der Waals surface area (Å²) >= 11 is 1.93. The summed E-state index contributed by atoms with van der Waals surface area (Å²) in [6, 6.07) is 0.563. The monoisotopic (exact) mass is 285 g/mol. The molecule has 0 atom stereocenters. The summed E-state index contributed by atoms with van der Waals surface area (Å²) in [5.74, 6) is 1.95. The second-order valence-electron chi connectivity index (χ2n) is 5.51. The number of thioether (sulfide) groups is 1. The van der Waals surface area contributed by atoms with Crippen molar-refractivity contribution < 1.29 is 0 Å². The molecule has 0 amide bonds. The fraction of sp³-hybridized carbons (Fsp3) is 0.933. The average molecular weight is 286 g/mol. The van der Waals surface area contributed by atoms with Crippen molar-refractivity contribution in [3.63, 3.8) is 0 Å². The van der Waals surface area contributed by atoms with Crippen molar-refractivity contribution in [1.29, 1.82) is 0 Å². The number of rotatable bonds is 8. The van der Waals surface area contributed by atoms with E-state index in [1.165, 1.54) is 70.0 Å². The SMILES string of the molecule is CSCCCCCCN=C(N)NC1CCCCCC1. The van der Waals surface area contributed by atoms with E-state index in [9.17, 15) is 0 Å². The van der Waals surface area contributed by atoms with Crippen LogP contribution >= 0.6 is 11.8 Å². The van der Waals surface area contributed by atoms with Crippen LogP contribution in [0.1, 0.15) is 64.2 Å². The lowest BCUT2D eigenvalue weighted by Gasteiger charge is -2.16. The van der Waals surface area contributed by atoms with Gasteiger partial charge in [-0.2, -0.15) is 11.8 Å². The van der Waals surface area contributed by atoms with Crippen LogP contribution in [-0.2, 0) is 0 Å². The van der Waals surface area contributed by atoms with Crippen molar-refractivity contribution in [1.82, 2.24) is 5.32 Å². The van der Waals surface area contributed by atoms with Crippen LogP contribution in [0.3, 0.4) is 0 Å². The standard InChI is InChI=1S/C15H31N3S/c1-19-13-9-5-4-8-12-17-15(16)18-14-10-6-2-3-7-11-14/h14H,2-13H2,1H3,(H3,16,17,18). The summed E-state index contributed by atoms with van der Waals surface area (Å²) in [7, 11) is 0. The van der Waals surface area contributed by atoms with Crippen LogP contribution in [0.2, 0.25) is 0 Å². The second kappa shape index (κ2) is 11.4. The Morgan fingerprint density at radius 3 is 2.47 bits per heavy atom. The first-order valence-corrected chi connectivity index (χ1v) is 9.27. The second-order valence-corrected chi connectivity index (χ2v) is 6.49. The summed E-state index contributed by atoms with van der Waals surface area (Å²) < 4.78 is 0. The Bertz CT molecular complexity index is 236.